The van der Waals surface area contributed by atoms with Crippen LogP contribution in [-0.4, -0.2) is 36.1 Å². The predicted molar refractivity (Wildman–Crippen MR) is 84.3 cm³/mol. The van der Waals surface area contributed by atoms with Crippen molar-refractivity contribution >= 4 is 11.6 Å². The predicted octanol–water partition coefficient (Wildman–Crippen LogP) is 2.36. The molecule has 0 aliphatic rings. The second-order valence-electron chi connectivity index (χ2n) is 4.98. The van der Waals surface area contributed by atoms with E-state index in [2.05, 4.69) is 5.32 Å². The van der Waals surface area contributed by atoms with Gasteiger partial charge in [0.05, 0.1) is 6.61 Å². The largest absolute Gasteiger partial charge is 0.395 e. The molecule has 0 heterocycles. The maximum absolute atomic E-state index is 12.1. The average Bonchev–Trinajstić information content (AvgIpc) is 2.49. The minimum Gasteiger partial charge on any atom is -0.395 e. The Bertz CT molecular complexity index is 567. The van der Waals surface area contributed by atoms with Crippen LogP contribution >= 0.6 is 0 Å². The lowest BCUT2D eigenvalue weighted by atomic mass is 10.1. The number of hydrogen-bond acceptors (Lipinski definition) is 3. The van der Waals surface area contributed by atoms with Gasteiger partial charge in [-0.2, -0.15) is 0 Å². The van der Waals surface area contributed by atoms with Crippen LogP contribution in [-0.2, 0) is 6.54 Å². The van der Waals surface area contributed by atoms with E-state index < -0.39 is 0 Å². The van der Waals surface area contributed by atoms with Gasteiger partial charge in [0, 0.05) is 24.3 Å². The standard InChI is InChI=1S/C17H20N2O2/c1-19(11-12-20)13-14-7-9-15(10-8-14)17(21)18-16-5-3-2-4-6-16/h2-10,20H,11-13H2,1H3,(H,18,21). The molecule has 0 atom stereocenters. The van der Waals surface area contributed by atoms with E-state index in [1.807, 2.05) is 66.5 Å². The SMILES string of the molecule is CN(CCO)Cc1ccc(C(=O)Nc2ccccc2)cc1. The first-order valence-electron chi connectivity index (χ1n) is 6.94. The van der Waals surface area contributed by atoms with Gasteiger partial charge in [-0.3, -0.25) is 9.69 Å². The summed E-state index contributed by atoms with van der Waals surface area (Å²) in [6.07, 6.45) is 0. The van der Waals surface area contributed by atoms with Gasteiger partial charge in [0.25, 0.3) is 5.91 Å². The zero-order valence-electron chi connectivity index (χ0n) is 12.1. The molecule has 0 spiro atoms. The van der Waals surface area contributed by atoms with Gasteiger partial charge in [-0.25, -0.2) is 0 Å². The normalized spacial score (nSPS) is 10.6. The van der Waals surface area contributed by atoms with E-state index in [4.69, 9.17) is 5.11 Å². The molecular formula is C17H20N2O2. The quantitative estimate of drug-likeness (QED) is 0.856. The van der Waals surface area contributed by atoms with Crippen molar-refractivity contribution in [3.8, 4) is 0 Å². The van der Waals surface area contributed by atoms with Crippen molar-refractivity contribution in [2.24, 2.45) is 0 Å². The number of rotatable bonds is 6. The Labute approximate surface area is 125 Å². The van der Waals surface area contributed by atoms with Crippen molar-refractivity contribution in [2.75, 3.05) is 25.5 Å². The number of anilines is 1. The van der Waals surface area contributed by atoms with Crippen LogP contribution in [0.25, 0.3) is 0 Å². The molecule has 1 amide bonds. The molecule has 2 aromatic rings. The second-order valence-corrected chi connectivity index (χ2v) is 4.98. The number of benzene rings is 2. The molecule has 2 aromatic carbocycles. The van der Waals surface area contributed by atoms with E-state index in [1.165, 1.54) is 0 Å². The van der Waals surface area contributed by atoms with Gasteiger partial charge in [-0.15, -0.1) is 0 Å². The Morgan fingerprint density at radius 1 is 1.10 bits per heavy atom. The molecule has 4 nitrogen and oxygen atoms in total. The lowest BCUT2D eigenvalue weighted by Crippen LogP contribution is -2.21. The average molecular weight is 284 g/mol. The lowest BCUT2D eigenvalue weighted by Gasteiger charge is -2.15. The molecule has 0 saturated carbocycles. The zero-order valence-corrected chi connectivity index (χ0v) is 12.1. The molecule has 110 valence electrons. The van der Waals surface area contributed by atoms with Crippen molar-refractivity contribution < 1.29 is 9.90 Å². The highest BCUT2D eigenvalue weighted by Gasteiger charge is 2.06. The Morgan fingerprint density at radius 2 is 1.76 bits per heavy atom. The number of nitrogens with one attached hydrogen (secondary N) is 1. The molecule has 0 unspecified atom stereocenters. The highest BCUT2D eigenvalue weighted by molar-refractivity contribution is 6.04. The molecule has 0 aliphatic heterocycles. The maximum atomic E-state index is 12.1. The minimum absolute atomic E-state index is 0.114. The van der Waals surface area contributed by atoms with Gasteiger partial charge in [-0.05, 0) is 36.9 Å². The number of likely N-dealkylation sites (N-methyl/N-ethyl adjacent to an activating group) is 1. The lowest BCUT2D eigenvalue weighted by molar-refractivity contribution is 0.102. The second kappa shape index (κ2) is 7.57. The molecule has 4 heteroatoms. The van der Waals surface area contributed by atoms with Crippen LogP contribution in [0.5, 0.6) is 0 Å². The summed E-state index contributed by atoms with van der Waals surface area (Å²) < 4.78 is 0. The molecule has 2 N–H and O–H groups in total. The Kier molecular flexibility index (Phi) is 5.49. The fourth-order valence-corrected chi connectivity index (χ4v) is 2.05. The van der Waals surface area contributed by atoms with Crippen molar-refractivity contribution in [2.45, 2.75) is 6.54 Å². The van der Waals surface area contributed by atoms with E-state index in [1.54, 1.807) is 0 Å². The summed E-state index contributed by atoms with van der Waals surface area (Å²) in [5.74, 6) is -0.114. The van der Waals surface area contributed by atoms with Gasteiger partial charge >= 0.3 is 0 Å². The number of carbonyl (C=O) groups is 1. The van der Waals surface area contributed by atoms with Crippen LogP contribution in [0.1, 0.15) is 15.9 Å². The summed E-state index contributed by atoms with van der Waals surface area (Å²) in [5, 5.41) is 11.7. The first kappa shape index (κ1) is 15.2. The molecule has 0 fully saturated rings. The molecule has 2 rings (SSSR count). The van der Waals surface area contributed by atoms with Crippen LogP contribution in [0.2, 0.25) is 0 Å². The van der Waals surface area contributed by atoms with Gasteiger partial charge in [0.15, 0.2) is 0 Å². The fraction of sp³-hybridized carbons (Fsp3) is 0.235. The summed E-state index contributed by atoms with van der Waals surface area (Å²) >= 11 is 0. The highest BCUT2D eigenvalue weighted by Crippen LogP contribution is 2.10. The third-order valence-electron chi connectivity index (χ3n) is 3.18. The molecule has 0 aromatic heterocycles. The number of carbonyl (C=O) groups excluding carboxylic acids is 1. The number of hydrogen-bond donors (Lipinski definition) is 2. The van der Waals surface area contributed by atoms with E-state index >= 15 is 0 Å². The third kappa shape index (κ3) is 4.70. The van der Waals surface area contributed by atoms with E-state index in [0.717, 1.165) is 17.8 Å². The molecular weight excluding hydrogens is 264 g/mol. The van der Waals surface area contributed by atoms with Crippen LogP contribution in [0.4, 0.5) is 5.69 Å². The number of aliphatic hydroxyl groups is 1. The van der Waals surface area contributed by atoms with Crippen molar-refractivity contribution in [3.63, 3.8) is 0 Å². The minimum atomic E-state index is -0.114. The first-order chi connectivity index (χ1) is 10.2. The van der Waals surface area contributed by atoms with Crippen molar-refractivity contribution in [3.05, 3.63) is 65.7 Å². The monoisotopic (exact) mass is 284 g/mol. The maximum Gasteiger partial charge on any atom is 0.255 e. The summed E-state index contributed by atoms with van der Waals surface area (Å²) in [7, 11) is 1.95. The van der Waals surface area contributed by atoms with E-state index in [9.17, 15) is 4.79 Å². The van der Waals surface area contributed by atoms with Gasteiger partial charge in [0.2, 0.25) is 0 Å². The molecule has 0 radical (unpaired) electrons. The van der Waals surface area contributed by atoms with Gasteiger partial charge in [-0.1, -0.05) is 30.3 Å². The Balaban J connectivity index is 1.97. The first-order valence-corrected chi connectivity index (χ1v) is 6.94. The molecule has 0 bridgehead atoms. The number of para-hydroxylation sites is 1. The van der Waals surface area contributed by atoms with Crippen LogP contribution in [0.15, 0.2) is 54.6 Å². The number of nitrogens with zero attached hydrogens (tertiary/aromatic N) is 1. The summed E-state index contributed by atoms with van der Waals surface area (Å²) in [5.41, 5.74) is 2.53. The van der Waals surface area contributed by atoms with Crippen molar-refractivity contribution in [1.82, 2.24) is 4.90 Å². The highest BCUT2D eigenvalue weighted by atomic mass is 16.3. The smallest absolute Gasteiger partial charge is 0.255 e. The van der Waals surface area contributed by atoms with Crippen LogP contribution in [0.3, 0.4) is 0 Å². The molecule has 21 heavy (non-hydrogen) atoms. The van der Waals surface area contributed by atoms with Crippen LogP contribution < -0.4 is 5.32 Å². The number of amides is 1. The molecule has 0 saturated heterocycles. The van der Waals surface area contributed by atoms with Gasteiger partial charge in [0.1, 0.15) is 0 Å². The van der Waals surface area contributed by atoms with E-state index in [-0.39, 0.29) is 12.5 Å². The van der Waals surface area contributed by atoms with E-state index in [0.29, 0.717) is 12.1 Å². The molecule has 0 aliphatic carbocycles. The Morgan fingerprint density at radius 3 is 2.38 bits per heavy atom. The number of aliphatic hydroxyl groups excluding tert-OH is 1. The summed E-state index contributed by atoms with van der Waals surface area (Å²) in [6, 6.07) is 16.9. The topological polar surface area (TPSA) is 52.6 Å². The van der Waals surface area contributed by atoms with Gasteiger partial charge < -0.3 is 10.4 Å². The zero-order chi connectivity index (χ0) is 15.1. The summed E-state index contributed by atoms with van der Waals surface area (Å²) in [4.78, 5) is 14.1. The Hall–Kier alpha value is -2.17. The van der Waals surface area contributed by atoms with Crippen molar-refractivity contribution in [1.29, 1.82) is 0 Å². The fourth-order valence-electron chi connectivity index (χ4n) is 2.05. The summed E-state index contributed by atoms with van der Waals surface area (Å²) in [6.45, 7) is 1.53. The third-order valence-corrected chi connectivity index (χ3v) is 3.18. The van der Waals surface area contributed by atoms with Crippen LogP contribution in [0, 0.1) is 0 Å².